The van der Waals surface area contributed by atoms with Crippen LogP contribution >= 0.6 is 11.8 Å². The maximum Gasteiger partial charge on any atom is 0.405 e. The summed E-state index contributed by atoms with van der Waals surface area (Å²) in [6.07, 6.45) is -1.61. The molecular weight excluding hydrogens is 322 g/mol. The highest BCUT2D eigenvalue weighted by Crippen LogP contribution is 2.22. The Bertz CT molecular complexity index is 667. The van der Waals surface area contributed by atoms with Gasteiger partial charge < -0.3 is 5.32 Å². The predicted octanol–water partition coefficient (Wildman–Crippen LogP) is 3.03. The molecule has 1 amide bonds. The monoisotopic (exact) mass is 333 g/mol. The fraction of sp³-hybridized carbons (Fsp3) is 0.231. The quantitative estimate of drug-likeness (QED) is 0.691. The number of halogens is 4. The highest BCUT2D eigenvalue weighted by Gasteiger charge is 2.29. The molecule has 0 bridgehead atoms. The molecule has 0 aliphatic rings. The lowest BCUT2D eigenvalue weighted by Gasteiger charge is -2.12. The van der Waals surface area contributed by atoms with Gasteiger partial charge in [-0.05, 0) is 30.5 Å². The molecule has 1 heterocycles. The van der Waals surface area contributed by atoms with Crippen LogP contribution in [0.5, 0.6) is 0 Å². The molecule has 0 spiro atoms. The maximum atomic E-state index is 13.0. The van der Waals surface area contributed by atoms with Crippen molar-refractivity contribution < 1.29 is 22.4 Å². The zero-order valence-electron chi connectivity index (χ0n) is 11.3. The van der Waals surface area contributed by atoms with Gasteiger partial charge in [0.05, 0.1) is 6.20 Å². The van der Waals surface area contributed by atoms with Crippen LogP contribution in [0.1, 0.15) is 10.5 Å². The fourth-order valence-electron chi connectivity index (χ4n) is 1.75. The van der Waals surface area contributed by atoms with Gasteiger partial charge in [-0.1, -0.05) is 11.8 Å². The van der Waals surface area contributed by atoms with Crippen molar-refractivity contribution in [2.45, 2.75) is 11.3 Å². The molecule has 0 fully saturated rings. The van der Waals surface area contributed by atoms with E-state index in [-0.39, 0.29) is 5.69 Å². The van der Waals surface area contributed by atoms with Crippen LogP contribution in [0.2, 0.25) is 0 Å². The van der Waals surface area contributed by atoms with Crippen molar-refractivity contribution in [1.29, 1.82) is 0 Å². The number of benzene rings is 1. The number of thioether (sulfide) groups is 1. The Morgan fingerprint density at radius 3 is 2.50 bits per heavy atom. The molecule has 0 unspecified atom stereocenters. The lowest BCUT2D eigenvalue weighted by atomic mass is 10.3. The molecule has 0 aliphatic heterocycles. The van der Waals surface area contributed by atoms with E-state index in [9.17, 15) is 22.4 Å². The normalized spacial score (nSPS) is 11.5. The van der Waals surface area contributed by atoms with Crippen LogP contribution < -0.4 is 5.32 Å². The predicted molar refractivity (Wildman–Crippen MR) is 73.7 cm³/mol. The molecule has 1 aromatic heterocycles. The first kappa shape index (κ1) is 16.3. The number of imidazole rings is 1. The van der Waals surface area contributed by atoms with Crippen LogP contribution in [0.4, 0.5) is 17.6 Å². The van der Waals surface area contributed by atoms with Crippen LogP contribution in [0.15, 0.2) is 35.6 Å². The van der Waals surface area contributed by atoms with Crippen LogP contribution in [0.25, 0.3) is 5.69 Å². The molecule has 2 aromatic rings. The Hall–Kier alpha value is -2.03. The molecule has 0 saturated heterocycles. The molecule has 1 aromatic carbocycles. The second-order valence-corrected chi connectivity index (χ2v) is 5.01. The first-order valence-electron chi connectivity index (χ1n) is 6.04. The van der Waals surface area contributed by atoms with Gasteiger partial charge in [-0.2, -0.15) is 13.2 Å². The Labute approximate surface area is 127 Å². The summed E-state index contributed by atoms with van der Waals surface area (Å²) in [5, 5.41) is 2.20. The Morgan fingerprint density at radius 2 is 1.95 bits per heavy atom. The minimum absolute atomic E-state index is 0.0554. The molecule has 9 heteroatoms. The minimum atomic E-state index is -4.50. The van der Waals surface area contributed by atoms with Crippen molar-refractivity contribution in [1.82, 2.24) is 14.9 Å². The van der Waals surface area contributed by atoms with Crippen molar-refractivity contribution in [3.8, 4) is 5.69 Å². The Balaban J connectivity index is 2.35. The zero-order valence-corrected chi connectivity index (χ0v) is 12.1. The highest BCUT2D eigenvalue weighted by molar-refractivity contribution is 7.98. The Kier molecular flexibility index (Phi) is 4.74. The van der Waals surface area contributed by atoms with E-state index in [4.69, 9.17) is 0 Å². The third-order valence-electron chi connectivity index (χ3n) is 2.68. The SMILES string of the molecule is CSc1ncc(C(=O)NCC(F)(F)F)n1-c1ccc(F)cc1. The van der Waals surface area contributed by atoms with Crippen molar-refractivity contribution in [3.63, 3.8) is 0 Å². The van der Waals surface area contributed by atoms with E-state index in [1.54, 1.807) is 11.6 Å². The van der Waals surface area contributed by atoms with E-state index in [0.29, 0.717) is 10.8 Å². The number of amides is 1. The summed E-state index contributed by atoms with van der Waals surface area (Å²) in [7, 11) is 0. The highest BCUT2D eigenvalue weighted by atomic mass is 32.2. The first-order valence-corrected chi connectivity index (χ1v) is 7.27. The number of alkyl halides is 3. The summed E-state index contributed by atoms with van der Waals surface area (Å²) >= 11 is 1.21. The second kappa shape index (κ2) is 6.39. The number of nitrogens with one attached hydrogen (secondary N) is 1. The molecule has 0 aliphatic carbocycles. The lowest BCUT2D eigenvalue weighted by Crippen LogP contribution is -2.34. The van der Waals surface area contributed by atoms with Crippen molar-refractivity contribution >= 4 is 17.7 Å². The molecule has 2 rings (SSSR count). The third kappa shape index (κ3) is 3.79. The molecule has 22 heavy (non-hydrogen) atoms. The van der Waals surface area contributed by atoms with E-state index < -0.39 is 24.4 Å². The second-order valence-electron chi connectivity index (χ2n) is 4.24. The molecule has 4 nitrogen and oxygen atoms in total. The average Bonchev–Trinajstić information content (AvgIpc) is 2.88. The van der Waals surface area contributed by atoms with Gasteiger partial charge in [0, 0.05) is 5.69 Å². The van der Waals surface area contributed by atoms with Crippen molar-refractivity contribution in [2.75, 3.05) is 12.8 Å². The van der Waals surface area contributed by atoms with Gasteiger partial charge >= 0.3 is 6.18 Å². The van der Waals surface area contributed by atoms with E-state index in [2.05, 4.69) is 4.98 Å². The van der Waals surface area contributed by atoms with Gasteiger partial charge in [0.15, 0.2) is 5.16 Å². The number of carbonyl (C=O) groups is 1. The molecule has 0 atom stereocenters. The number of hydrogen-bond donors (Lipinski definition) is 1. The minimum Gasteiger partial charge on any atom is -0.342 e. The number of carbonyl (C=O) groups excluding carboxylic acids is 1. The maximum absolute atomic E-state index is 13.0. The molecular formula is C13H11F4N3OS. The molecule has 118 valence electrons. The summed E-state index contributed by atoms with van der Waals surface area (Å²) in [6.45, 7) is -1.44. The summed E-state index contributed by atoms with van der Waals surface area (Å²) in [6, 6.07) is 5.21. The smallest absolute Gasteiger partial charge is 0.342 e. The first-order chi connectivity index (χ1) is 10.3. The van der Waals surface area contributed by atoms with Crippen LogP contribution in [-0.4, -0.2) is 34.4 Å². The third-order valence-corrected chi connectivity index (χ3v) is 3.33. The molecule has 0 radical (unpaired) electrons. The Morgan fingerprint density at radius 1 is 1.32 bits per heavy atom. The van der Waals surface area contributed by atoms with E-state index in [1.165, 1.54) is 46.8 Å². The van der Waals surface area contributed by atoms with Gasteiger partial charge in [-0.15, -0.1) is 0 Å². The largest absolute Gasteiger partial charge is 0.405 e. The van der Waals surface area contributed by atoms with Crippen LogP contribution in [0, 0.1) is 5.82 Å². The van der Waals surface area contributed by atoms with Gasteiger partial charge in [0.2, 0.25) is 0 Å². The molecule has 0 saturated carbocycles. The van der Waals surface area contributed by atoms with Crippen LogP contribution in [0.3, 0.4) is 0 Å². The van der Waals surface area contributed by atoms with E-state index in [0.717, 1.165) is 0 Å². The van der Waals surface area contributed by atoms with Gasteiger partial charge in [0.1, 0.15) is 18.1 Å². The van der Waals surface area contributed by atoms with Crippen LogP contribution in [-0.2, 0) is 0 Å². The molecule has 1 N–H and O–H groups in total. The lowest BCUT2D eigenvalue weighted by molar-refractivity contribution is -0.123. The van der Waals surface area contributed by atoms with Crippen molar-refractivity contribution in [3.05, 3.63) is 42.0 Å². The fourth-order valence-corrected chi connectivity index (χ4v) is 2.29. The van der Waals surface area contributed by atoms with E-state index >= 15 is 0 Å². The van der Waals surface area contributed by atoms with Gasteiger partial charge in [-0.25, -0.2) is 9.37 Å². The summed E-state index contributed by atoms with van der Waals surface area (Å²) in [5.41, 5.74) is 0.376. The van der Waals surface area contributed by atoms with E-state index in [1.807, 2.05) is 0 Å². The average molecular weight is 333 g/mol. The van der Waals surface area contributed by atoms with Crippen molar-refractivity contribution in [2.24, 2.45) is 0 Å². The number of nitrogens with zero attached hydrogens (tertiary/aromatic N) is 2. The summed E-state index contributed by atoms with van der Waals surface area (Å²) in [5.74, 6) is -1.37. The number of hydrogen-bond acceptors (Lipinski definition) is 3. The summed E-state index contributed by atoms with van der Waals surface area (Å²) in [4.78, 5) is 15.9. The standard InChI is InChI=1S/C13H11F4N3OS/c1-22-12-18-6-10(11(21)19-7-13(15,16)17)20(12)9-4-2-8(14)3-5-9/h2-6H,7H2,1H3,(H,19,21). The number of rotatable bonds is 4. The topological polar surface area (TPSA) is 46.9 Å². The van der Waals surface area contributed by atoms with Gasteiger partial charge in [0.25, 0.3) is 5.91 Å². The van der Waals surface area contributed by atoms with Gasteiger partial charge in [-0.3, -0.25) is 9.36 Å². The number of aromatic nitrogens is 2. The zero-order chi connectivity index (χ0) is 16.3. The summed E-state index contributed by atoms with van der Waals surface area (Å²) < 4.78 is 50.9.